The van der Waals surface area contributed by atoms with Crippen LogP contribution in [0.2, 0.25) is 0 Å². The molecule has 0 saturated carbocycles. The average Bonchev–Trinajstić information content (AvgIpc) is 2.81. The van der Waals surface area contributed by atoms with Gasteiger partial charge in [-0.15, -0.1) is 0 Å². The van der Waals surface area contributed by atoms with Crippen LogP contribution in [-0.2, 0) is 5.75 Å². The van der Waals surface area contributed by atoms with Crippen LogP contribution in [0.15, 0.2) is 47.8 Å². The SMILES string of the molecule is Cc1ccc(CSc2nc3[nH+]cccc3[nH]2)cc1. The summed E-state index contributed by atoms with van der Waals surface area (Å²) in [6.45, 7) is 2.10. The molecular formula is C14H14N3S+. The van der Waals surface area contributed by atoms with E-state index in [1.807, 2.05) is 18.3 Å². The highest BCUT2D eigenvalue weighted by Crippen LogP contribution is 2.21. The van der Waals surface area contributed by atoms with Crippen LogP contribution in [0.1, 0.15) is 11.1 Å². The molecule has 0 aliphatic carbocycles. The summed E-state index contributed by atoms with van der Waals surface area (Å²) < 4.78 is 0. The number of nitrogens with zero attached hydrogens (tertiary/aromatic N) is 1. The largest absolute Gasteiger partial charge is 0.347 e. The van der Waals surface area contributed by atoms with E-state index >= 15 is 0 Å². The fourth-order valence-electron chi connectivity index (χ4n) is 1.77. The number of benzene rings is 1. The van der Waals surface area contributed by atoms with E-state index in [0.717, 1.165) is 22.1 Å². The van der Waals surface area contributed by atoms with Gasteiger partial charge in [0.15, 0.2) is 0 Å². The Kier molecular flexibility index (Phi) is 3.02. The number of fused-ring (bicyclic) bond motifs is 1. The summed E-state index contributed by atoms with van der Waals surface area (Å²) in [6, 6.07) is 12.6. The number of rotatable bonds is 3. The van der Waals surface area contributed by atoms with Crippen molar-refractivity contribution < 1.29 is 4.98 Å². The molecule has 0 aliphatic rings. The van der Waals surface area contributed by atoms with Crippen LogP contribution in [0.4, 0.5) is 0 Å². The Morgan fingerprint density at radius 3 is 2.83 bits per heavy atom. The lowest BCUT2D eigenvalue weighted by Gasteiger charge is -1.97. The number of imidazole rings is 1. The summed E-state index contributed by atoms with van der Waals surface area (Å²) in [5, 5.41) is 0.952. The van der Waals surface area contributed by atoms with Crippen LogP contribution in [0.3, 0.4) is 0 Å². The molecule has 0 saturated heterocycles. The normalized spacial score (nSPS) is 10.9. The summed E-state index contributed by atoms with van der Waals surface area (Å²) in [5.74, 6) is 0.931. The quantitative estimate of drug-likeness (QED) is 0.732. The number of aryl methyl sites for hydroxylation is 1. The van der Waals surface area contributed by atoms with Gasteiger partial charge in [-0.25, -0.2) is 4.98 Å². The number of nitrogens with one attached hydrogen (secondary N) is 2. The lowest BCUT2D eigenvalue weighted by molar-refractivity contribution is -0.347. The molecule has 2 aromatic heterocycles. The Labute approximate surface area is 110 Å². The molecule has 3 rings (SSSR count). The summed E-state index contributed by atoms with van der Waals surface area (Å²) in [6.07, 6.45) is 1.89. The smallest absolute Gasteiger partial charge is 0.306 e. The van der Waals surface area contributed by atoms with Gasteiger partial charge in [0.1, 0.15) is 5.52 Å². The summed E-state index contributed by atoms with van der Waals surface area (Å²) in [4.78, 5) is 10.9. The Morgan fingerprint density at radius 1 is 1.22 bits per heavy atom. The van der Waals surface area contributed by atoms with Crippen LogP contribution in [0, 0.1) is 6.92 Å². The summed E-state index contributed by atoms with van der Waals surface area (Å²) >= 11 is 1.72. The zero-order chi connectivity index (χ0) is 12.4. The third-order valence-electron chi connectivity index (χ3n) is 2.79. The monoisotopic (exact) mass is 256 g/mol. The van der Waals surface area contributed by atoms with Crippen molar-refractivity contribution in [2.45, 2.75) is 17.8 Å². The third-order valence-corrected chi connectivity index (χ3v) is 3.73. The van der Waals surface area contributed by atoms with Gasteiger partial charge in [-0.05, 0) is 29.6 Å². The molecule has 3 nitrogen and oxygen atoms in total. The minimum absolute atomic E-state index is 0.906. The molecule has 1 aromatic carbocycles. The predicted octanol–water partition coefficient (Wildman–Crippen LogP) is 2.98. The maximum atomic E-state index is 4.50. The molecule has 2 heterocycles. The molecular weight excluding hydrogens is 242 g/mol. The molecule has 0 radical (unpaired) electrons. The number of hydrogen-bond donors (Lipinski definition) is 1. The molecule has 0 bridgehead atoms. The van der Waals surface area contributed by atoms with E-state index in [0.29, 0.717) is 0 Å². The number of H-pyrrole nitrogens is 2. The molecule has 2 N–H and O–H groups in total. The number of pyridine rings is 1. The Hall–Kier alpha value is -1.81. The number of thioether (sulfide) groups is 1. The van der Waals surface area contributed by atoms with E-state index in [1.54, 1.807) is 11.8 Å². The molecule has 18 heavy (non-hydrogen) atoms. The van der Waals surface area contributed by atoms with Gasteiger partial charge in [0, 0.05) is 5.75 Å². The van der Waals surface area contributed by atoms with E-state index < -0.39 is 0 Å². The highest BCUT2D eigenvalue weighted by Gasteiger charge is 2.11. The molecule has 3 aromatic rings. The number of aromatic nitrogens is 3. The van der Waals surface area contributed by atoms with Gasteiger partial charge >= 0.3 is 5.65 Å². The second-order valence-corrected chi connectivity index (χ2v) is 5.21. The van der Waals surface area contributed by atoms with Crippen LogP contribution in [0.25, 0.3) is 11.2 Å². The Morgan fingerprint density at radius 2 is 2.06 bits per heavy atom. The van der Waals surface area contributed by atoms with E-state index in [9.17, 15) is 0 Å². The van der Waals surface area contributed by atoms with Crippen LogP contribution >= 0.6 is 11.8 Å². The highest BCUT2D eigenvalue weighted by molar-refractivity contribution is 7.98. The molecule has 0 fully saturated rings. The van der Waals surface area contributed by atoms with E-state index in [-0.39, 0.29) is 0 Å². The Bertz CT molecular complexity index is 625. The van der Waals surface area contributed by atoms with Gasteiger partial charge in [0.2, 0.25) is 0 Å². The van der Waals surface area contributed by atoms with Gasteiger partial charge in [0.25, 0.3) is 5.16 Å². The van der Waals surface area contributed by atoms with Crippen molar-refractivity contribution in [2.75, 3.05) is 0 Å². The van der Waals surface area contributed by atoms with E-state index in [1.165, 1.54) is 11.1 Å². The van der Waals surface area contributed by atoms with E-state index in [4.69, 9.17) is 0 Å². The van der Waals surface area contributed by atoms with Crippen molar-refractivity contribution in [3.8, 4) is 0 Å². The van der Waals surface area contributed by atoms with E-state index in [2.05, 4.69) is 46.1 Å². The summed E-state index contributed by atoms with van der Waals surface area (Å²) in [7, 11) is 0. The fourth-order valence-corrected chi connectivity index (χ4v) is 2.60. The molecule has 0 spiro atoms. The van der Waals surface area contributed by atoms with Crippen molar-refractivity contribution in [2.24, 2.45) is 0 Å². The highest BCUT2D eigenvalue weighted by atomic mass is 32.2. The Balaban J connectivity index is 1.74. The first-order valence-corrected chi connectivity index (χ1v) is 6.84. The second kappa shape index (κ2) is 4.82. The zero-order valence-corrected chi connectivity index (χ0v) is 10.9. The summed E-state index contributed by atoms with van der Waals surface area (Å²) in [5.41, 5.74) is 4.56. The fraction of sp³-hybridized carbons (Fsp3) is 0.143. The van der Waals surface area contributed by atoms with Gasteiger partial charge in [-0.2, -0.15) is 0 Å². The molecule has 0 amide bonds. The number of aromatic amines is 2. The first-order chi connectivity index (χ1) is 8.81. The number of hydrogen-bond acceptors (Lipinski definition) is 2. The first-order valence-electron chi connectivity index (χ1n) is 5.86. The lowest BCUT2D eigenvalue weighted by Crippen LogP contribution is -2.00. The minimum Gasteiger partial charge on any atom is -0.306 e. The maximum absolute atomic E-state index is 4.50. The standard InChI is InChI=1S/C14H13N3S/c1-10-4-6-11(7-5-10)9-18-14-16-12-3-2-8-15-13(12)17-14/h2-8H,9H2,1H3,(H,15,16,17)/p+1. The first kappa shape index (κ1) is 11.3. The molecule has 0 aliphatic heterocycles. The molecule has 0 atom stereocenters. The van der Waals surface area contributed by atoms with Gasteiger partial charge in [0.05, 0.1) is 6.20 Å². The minimum atomic E-state index is 0.906. The second-order valence-electron chi connectivity index (χ2n) is 4.25. The van der Waals surface area contributed by atoms with Gasteiger partial charge in [-0.1, -0.05) is 41.6 Å². The van der Waals surface area contributed by atoms with Crippen molar-refractivity contribution in [1.82, 2.24) is 9.97 Å². The van der Waals surface area contributed by atoms with Crippen molar-refractivity contribution in [3.05, 3.63) is 53.7 Å². The topological polar surface area (TPSA) is 42.8 Å². The lowest BCUT2D eigenvalue weighted by atomic mass is 10.2. The van der Waals surface area contributed by atoms with Crippen LogP contribution in [0.5, 0.6) is 0 Å². The maximum Gasteiger partial charge on any atom is 0.347 e. The van der Waals surface area contributed by atoms with Crippen LogP contribution in [-0.4, -0.2) is 9.97 Å². The van der Waals surface area contributed by atoms with Crippen LogP contribution < -0.4 is 4.98 Å². The third kappa shape index (κ3) is 2.38. The molecule has 0 unspecified atom stereocenters. The predicted molar refractivity (Wildman–Crippen MR) is 73.4 cm³/mol. The van der Waals surface area contributed by atoms with Crippen molar-refractivity contribution in [1.29, 1.82) is 0 Å². The zero-order valence-electron chi connectivity index (χ0n) is 10.1. The molecule has 90 valence electrons. The van der Waals surface area contributed by atoms with Gasteiger partial charge in [-0.3, -0.25) is 0 Å². The van der Waals surface area contributed by atoms with Crippen molar-refractivity contribution >= 4 is 22.9 Å². The van der Waals surface area contributed by atoms with Gasteiger partial charge < -0.3 is 4.98 Å². The molecule has 4 heteroatoms. The average molecular weight is 256 g/mol. The van der Waals surface area contributed by atoms with Crippen molar-refractivity contribution in [3.63, 3.8) is 0 Å².